The first-order valence-corrected chi connectivity index (χ1v) is 7.90. The summed E-state index contributed by atoms with van der Waals surface area (Å²) in [5.41, 5.74) is 0.803. The van der Waals surface area contributed by atoms with Crippen LogP contribution in [-0.2, 0) is 16.6 Å². The number of hydrogen-bond acceptors (Lipinski definition) is 3. The molecule has 0 amide bonds. The Hall–Kier alpha value is -0.620. The SMILES string of the molecule is CCNCc1cc(S(=O)(=O)NC2CC2)ccc1Cl. The van der Waals surface area contributed by atoms with Crippen LogP contribution >= 0.6 is 11.6 Å². The highest BCUT2D eigenvalue weighted by atomic mass is 35.5. The summed E-state index contributed by atoms with van der Waals surface area (Å²) < 4.78 is 26.7. The number of benzene rings is 1. The molecule has 4 nitrogen and oxygen atoms in total. The van der Waals surface area contributed by atoms with Crippen molar-refractivity contribution in [2.24, 2.45) is 0 Å². The average molecular weight is 289 g/mol. The molecule has 1 aliphatic rings. The molecule has 2 N–H and O–H groups in total. The van der Waals surface area contributed by atoms with Crippen LogP contribution in [0.3, 0.4) is 0 Å². The lowest BCUT2D eigenvalue weighted by molar-refractivity contribution is 0.581. The summed E-state index contributed by atoms with van der Waals surface area (Å²) in [7, 11) is -3.40. The highest BCUT2D eigenvalue weighted by Crippen LogP contribution is 2.24. The third-order valence-electron chi connectivity index (χ3n) is 2.79. The van der Waals surface area contributed by atoms with Crippen molar-refractivity contribution in [3.63, 3.8) is 0 Å². The van der Waals surface area contributed by atoms with Crippen molar-refractivity contribution >= 4 is 21.6 Å². The second-order valence-electron chi connectivity index (χ2n) is 4.43. The van der Waals surface area contributed by atoms with Crippen LogP contribution in [0.4, 0.5) is 0 Å². The van der Waals surface area contributed by atoms with E-state index in [1.165, 1.54) is 0 Å². The second kappa shape index (κ2) is 5.57. The lowest BCUT2D eigenvalue weighted by atomic mass is 10.2. The summed E-state index contributed by atoms with van der Waals surface area (Å²) in [5, 5.41) is 3.72. The van der Waals surface area contributed by atoms with E-state index in [2.05, 4.69) is 10.0 Å². The maximum absolute atomic E-state index is 12.0. The van der Waals surface area contributed by atoms with Gasteiger partial charge in [0.05, 0.1) is 4.90 Å². The van der Waals surface area contributed by atoms with Crippen LogP contribution in [0.2, 0.25) is 5.02 Å². The average Bonchev–Trinajstić information content (AvgIpc) is 3.11. The molecule has 0 saturated heterocycles. The largest absolute Gasteiger partial charge is 0.313 e. The Morgan fingerprint density at radius 2 is 2.11 bits per heavy atom. The third-order valence-corrected chi connectivity index (χ3v) is 4.68. The molecule has 6 heteroatoms. The molecule has 2 rings (SSSR count). The van der Waals surface area contributed by atoms with Crippen LogP contribution < -0.4 is 10.0 Å². The zero-order valence-corrected chi connectivity index (χ0v) is 11.8. The maximum atomic E-state index is 12.0. The van der Waals surface area contributed by atoms with Crippen molar-refractivity contribution < 1.29 is 8.42 Å². The first kappa shape index (κ1) is 13.8. The van der Waals surface area contributed by atoms with E-state index in [0.29, 0.717) is 11.6 Å². The van der Waals surface area contributed by atoms with Gasteiger partial charge in [-0.2, -0.15) is 0 Å². The monoisotopic (exact) mass is 288 g/mol. The van der Waals surface area contributed by atoms with Crippen LogP contribution in [0, 0.1) is 0 Å². The highest BCUT2D eigenvalue weighted by molar-refractivity contribution is 7.89. The quantitative estimate of drug-likeness (QED) is 0.840. The fourth-order valence-electron chi connectivity index (χ4n) is 1.60. The van der Waals surface area contributed by atoms with Crippen molar-refractivity contribution in [1.29, 1.82) is 0 Å². The Morgan fingerprint density at radius 1 is 1.39 bits per heavy atom. The fourth-order valence-corrected chi connectivity index (χ4v) is 3.14. The first-order chi connectivity index (χ1) is 8.53. The van der Waals surface area contributed by atoms with E-state index in [4.69, 9.17) is 11.6 Å². The van der Waals surface area contributed by atoms with Crippen LogP contribution in [0.1, 0.15) is 25.3 Å². The molecule has 1 fully saturated rings. The summed E-state index contributed by atoms with van der Waals surface area (Å²) >= 11 is 6.04. The molecule has 0 aromatic heterocycles. The molecule has 18 heavy (non-hydrogen) atoms. The fraction of sp³-hybridized carbons (Fsp3) is 0.500. The Bertz CT molecular complexity index is 527. The standard InChI is InChI=1S/C12H17ClN2O2S/c1-2-14-8-9-7-11(5-6-12(9)13)18(16,17)15-10-3-4-10/h5-7,10,14-15H,2-4,8H2,1H3. The number of halogens is 1. The molecule has 1 saturated carbocycles. The summed E-state index contributed by atoms with van der Waals surface area (Å²) in [6.45, 7) is 3.37. The van der Waals surface area contributed by atoms with Gasteiger partial charge in [0, 0.05) is 17.6 Å². The zero-order valence-electron chi connectivity index (χ0n) is 10.2. The lowest BCUT2D eigenvalue weighted by Crippen LogP contribution is -2.26. The molecule has 0 heterocycles. The molecule has 0 radical (unpaired) electrons. The molecule has 0 spiro atoms. The summed E-state index contributed by atoms with van der Waals surface area (Å²) in [6, 6.07) is 4.93. The second-order valence-corrected chi connectivity index (χ2v) is 6.55. The van der Waals surface area contributed by atoms with Crippen molar-refractivity contribution in [2.45, 2.75) is 37.2 Å². The van der Waals surface area contributed by atoms with E-state index in [1.807, 2.05) is 6.92 Å². The predicted molar refractivity (Wildman–Crippen MR) is 72.2 cm³/mol. The van der Waals surface area contributed by atoms with Gasteiger partial charge in [-0.1, -0.05) is 18.5 Å². The van der Waals surface area contributed by atoms with E-state index < -0.39 is 10.0 Å². The van der Waals surface area contributed by atoms with E-state index in [0.717, 1.165) is 24.9 Å². The van der Waals surface area contributed by atoms with Gasteiger partial charge < -0.3 is 5.32 Å². The van der Waals surface area contributed by atoms with Crippen LogP contribution in [0.15, 0.2) is 23.1 Å². The van der Waals surface area contributed by atoms with Gasteiger partial charge in [-0.05, 0) is 43.1 Å². The summed E-state index contributed by atoms with van der Waals surface area (Å²) in [6.07, 6.45) is 1.86. The Balaban J connectivity index is 2.22. The minimum absolute atomic E-state index is 0.114. The van der Waals surface area contributed by atoms with Gasteiger partial charge in [0.2, 0.25) is 10.0 Å². The van der Waals surface area contributed by atoms with Gasteiger partial charge in [0.25, 0.3) is 0 Å². The molecule has 0 atom stereocenters. The van der Waals surface area contributed by atoms with Crippen molar-refractivity contribution in [3.05, 3.63) is 28.8 Å². The van der Waals surface area contributed by atoms with Crippen molar-refractivity contribution in [2.75, 3.05) is 6.54 Å². The summed E-state index contributed by atoms with van der Waals surface area (Å²) in [5.74, 6) is 0. The van der Waals surface area contributed by atoms with Crippen LogP contribution in [0.25, 0.3) is 0 Å². The first-order valence-electron chi connectivity index (χ1n) is 6.04. The predicted octanol–water partition coefficient (Wildman–Crippen LogP) is 1.89. The highest BCUT2D eigenvalue weighted by Gasteiger charge is 2.28. The molecular formula is C12H17ClN2O2S. The summed E-state index contributed by atoms with van der Waals surface area (Å²) in [4.78, 5) is 0.284. The minimum atomic E-state index is -3.40. The number of nitrogens with one attached hydrogen (secondary N) is 2. The van der Waals surface area contributed by atoms with E-state index in [9.17, 15) is 8.42 Å². The molecular weight excluding hydrogens is 272 g/mol. The molecule has 1 aliphatic carbocycles. The van der Waals surface area contributed by atoms with Gasteiger partial charge in [-0.3, -0.25) is 0 Å². The minimum Gasteiger partial charge on any atom is -0.313 e. The van der Waals surface area contributed by atoms with E-state index >= 15 is 0 Å². The van der Waals surface area contributed by atoms with E-state index in [1.54, 1.807) is 18.2 Å². The molecule has 100 valence electrons. The molecule has 1 aromatic rings. The Labute approximate surface area is 113 Å². The maximum Gasteiger partial charge on any atom is 0.240 e. The molecule has 0 unspecified atom stereocenters. The molecule has 1 aromatic carbocycles. The number of hydrogen-bond donors (Lipinski definition) is 2. The smallest absolute Gasteiger partial charge is 0.240 e. The topological polar surface area (TPSA) is 58.2 Å². The van der Waals surface area contributed by atoms with Crippen molar-refractivity contribution in [3.8, 4) is 0 Å². The number of sulfonamides is 1. The van der Waals surface area contributed by atoms with Crippen molar-refractivity contribution in [1.82, 2.24) is 10.0 Å². The van der Waals surface area contributed by atoms with Crippen LogP contribution in [-0.4, -0.2) is 21.0 Å². The Kier molecular flexibility index (Phi) is 4.27. The van der Waals surface area contributed by atoms with Gasteiger partial charge in [0.15, 0.2) is 0 Å². The molecule has 0 bridgehead atoms. The van der Waals surface area contributed by atoms with Gasteiger partial charge in [-0.25, -0.2) is 13.1 Å². The zero-order chi connectivity index (χ0) is 13.2. The Morgan fingerprint density at radius 3 is 2.72 bits per heavy atom. The van der Waals surface area contributed by atoms with Crippen LogP contribution in [0.5, 0.6) is 0 Å². The van der Waals surface area contributed by atoms with Gasteiger partial charge in [0.1, 0.15) is 0 Å². The normalized spacial score (nSPS) is 15.9. The van der Waals surface area contributed by atoms with Gasteiger partial charge >= 0.3 is 0 Å². The number of rotatable bonds is 6. The van der Waals surface area contributed by atoms with E-state index in [-0.39, 0.29) is 10.9 Å². The third kappa shape index (κ3) is 3.45. The van der Waals surface area contributed by atoms with Gasteiger partial charge in [-0.15, -0.1) is 0 Å². The lowest BCUT2D eigenvalue weighted by Gasteiger charge is -2.09. The molecule has 0 aliphatic heterocycles.